The molecule has 0 spiro atoms. The van der Waals surface area contributed by atoms with E-state index in [2.05, 4.69) is 22.1 Å². The summed E-state index contributed by atoms with van der Waals surface area (Å²) in [6, 6.07) is 8.20. The second-order valence-corrected chi connectivity index (χ2v) is 4.46. The number of ether oxygens (including phenoxy) is 1. The Labute approximate surface area is 94.8 Å². The summed E-state index contributed by atoms with van der Waals surface area (Å²) in [6.07, 6.45) is 3.38. The van der Waals surface area contributed by atoms with Gasteiger partial charge in [-0.3, -0.25) is 0 Å². The smallest absolute Gasteiger partial charge is 0.107 e. The average Bonchev–Trinajstić information content (AvgIpc) is 2.72. The van der Waals surface area contributed by atoms with Crippen molar-refractivity contribution >= 4 is 11.0 Å². The minimum absolute atomic E-state index is 0.731. The molecule has 16 heavy (non-hydrogen) atoms. The van der Waals surface area contributed by atoms with Crippen LogP contribution < -0.4 is 0 Å². The fraction of sp³-hybridized carbons (Fsp3) is 0.462. The van der Waals surface area contributed by atoms with Gasteiger partial charge in [-0.05, 0) is 30.9 Å². The highest BCUT2D eigenvalue weighted by Crippen LogP contribution is 2.20. The summed E-state index contributed by atoms with van der Waals surface area (Å²) < 4.78 is 5.37. The average molecular weight is 216 g/mol. The zero-order valence-electron chi connectivity index (χ0n) is 9.28. The lowest BCUT2D eigenvalue weighted by Crippen LogP contribution is -2.17. The van der Waals surface area contributed by atoms with Crippen molar-refractivity contribution < 1.29 is 4.74 Å². The number of fused-ring (bicyclic) bond motifs is 1. The van der Waals surface area contributed by atoms with Crippen molar-refractivity contribution in [3.05, 3.63) is 30.1 Å². The van der Waals surface area contributed by atoms with Gasteiger partial charge in [-0.25, -0.2) is 4.98 Å². The molecule has 0 unspecified atom stereocenters. The van der Waals surface area contributed by atoms with Crippen LogP contribution >= 0.6 is 0 Å². The van der Waals surface area contributed by atoms with Crippen LogP contribution in [0.4, 0.5) is 0 Å². The predicted octanol–water partition coefficient (Wildman–Crippen LogP) is 2.53. The molecule has 0 aliphatic carbocycles. The number of imidazole rings is 1. The molecule has 1 aromatic carbocycles. The van der Waals surface area contributed by atoms with Gasteiger partial charge in [-0.15, -0.1) is 0 Å². The van der Waals surface area contributed by atoms with Gasteiger partial charge in [0, 0.05) is 19.6 Å². The van der Waals surface area contributed by atoms with Gasteiger partial charge < -0.3 is 9.72 Å². The van der Waals surface area contributed by atoms with E-state index >= 15 is 0 Å². The third-order valence-electron chi connectivity index (χ3n) is 3.26. The quantitative estimate of drug-likeness (QED) is 0.837. The molecule has 84 valence electrons. The molecule has 1 N–H and O–H groups in total. The van der Waals surface area contributed by atoms with E-state index in [1.807, 2.05) is 12.1 Å². The molecular formula is C13H16N2O. The molecule has 2 aromatic rings. The summed E-state index contributed by atoms with van der Waals surface area (Å²) in [5.74, 6) is 1.85. The van der Waals surface area contributed by atoms with Gasteiger partial charge in [0.2, 0.25) is 0 Å². The molecule has 3 rings (SSSR count). The summed E-state index contributed by atoms with van der Waals surface area (Å²) in [4.78, 5) is 8.00. The first-order valence-electron chi connectivity index (χ1n) is 5.93. The molecule has 2 heterocycles. The van der Waals surface area contributed by atoms with Crippen LogP contribution in [0.25, 0.3) is 11.0 Å². The van der Waals surface area contributed by atoms with Crippen LogP contribution in [-0.4, -0.2) is 23.2 Å². The van der Waals surface area contributed by atoms with E-state index < -0.39 is 0 Å². The largest absolute Gasteiger partial charge is 0.381 e. The molecule has 1 aliphatic heterocycles. The molecule has 1 aliphatic rings. The van der Waals surface area contributed by atoms with Gasteiger partial charge in [0.05, 0.1) is 11.0 Å². The Morgan fingerprint density at radius 1 is 1.25 bits per heavy atom. The van der Waals surface area contributed by atoms with E-state index in [0.29, 0.717) is 0 Å². The molecule has 1 saturated heterocycles. The summed E-state index contributed by atoms with van der Waals surface area (Å²) >= 11 is 0. The third kappa shape index (κ3) is 1.95. The van der Waals surface area contributed by atoms with Gasteiger partial charge in [-0.2, -0.15) is 0 Å². The zero-order valence-corrected chi connectivity index (χ0v) is 9.28. The number of aromatic amines is 1. The lowest BCUT2D eigenvalue weighted by molar-refractivity contribution is 0.0660. The minimum Gasteiger partial charge on any atom is -0.381 e. The Bertz CT molecular complexity index is 438. The summed E-state index contributed by atoms with van der Waals surface area (Å²) in [5, 5.41) is 0. The van der Waals surface area contributed by atoms with Crippen LogP contribution in [0.3, 0.4) is 0 Å². The number of hydrogen-bond acceptors (Lipinski definition) is 2. The molecule has 1 fully saturated rings. The number of hydrogen-bond donors (Lipinski definition) is 1. The maximum atomic E-state index is 5.37. The second kappa shape index (κ2) is 4.26. The SMILES string of the molecule is c1ccc2[nH]c(CC3CCOCC3)nc2c1. The first-order chi connectivity index (χ1) is 7.92. The van der Waals surface area contributed by atoms with Crippen molar-refractivity contribution in [2.24, 2.45) is 5.92 Å². The number of para-hydroxylation sites is 2. The lowest BCUT2D eigenvalue weighted by atomic mass is 9.96. The Hall–Kier alpha value is -1.35. The van der Waals surface area contributed by atoms with E-state index in [1.165, 1.54) is 0 Å². The van der Waals surface area contributed by atoms with Crippen LogP contribution in [0.5, 0.6) is 0 Å². The second-order valence-electron chi connectivity index (χ2n) is 4.46. The fourth-order valence-corrected chi connectivity index (χ4v) is 2.33. The normalized spacial score (nSPS) is 18.0. The first-order valence-corrected chi connectivity index (χ1v) is 5.93. The van der Waals surface area contributed by atoms with Crippen molar-refractivity contribution in [2.45, 2.75) is 19.3 Å². The van der Waals surface area contributed by atoms with Gasteiger partial charge in [-0.1, -0.05) is 12.1 Å². The Balaban J connectivity index is 1.78. The molecule has 1 aromatic heterocycles. The predicted molar refractivity (Wildman–Crippen MR) is 63.3 cm³/mol. The highest BCUT2D eigenvalue weighted by molar-refractivity contribution is 5.74. The number of aromatic nitrogens is 2. The molecule has 0 saturated carbocycles. The third-order valence-corrected chi connectivity index (χ3v) is 3.26. The molecule has 0 atom stereocenters. The van der Waals surface area contributed by atoms with Gasteiger partial charge in [0.25, 0.3) is 0 Å². The van der Waals surface area contributed by atoms with E-state index in [-0.39, 0.29) is 0 Å². The molecular weight excluding hydrogens is 200 g/mol. The van der Waals surface area contributed by atoms with Gasteiger partial charge >= 0.3 is 0 Å². The van der Waals surface area contributed by atoms with E-state index in [0.717, 1.165) is 55.3 Å². The van der Waals surface area contributed by atoms with Crippen molar-refractivity contribution in [3.8, 4) is 0 Å². The van der Waals surface area contributed by atoms with Crippen molar-refractivity contribution in [3.63, 3.8) is 0 Å². The van der Waals surface area contributed by atoms with Crippen LogP contribution in [-0.2, 0) is 11.2 Å². The number of H-pyrrole nitrogens is 1. The Morgan fingerprint density at radius 3 is 2.88 bits per heavy atom. The number of nitrogens with one attached hydrogen (secondary N) is 1. The van der Waals surface area contributed by atoms with Crippen molar-refractivity contribution in [1.82, 2.24) is 9.97 Å². The van der Waals surface area contributed by atoms with E-state index in [1.54, 1.807) is 0 Å². The fourth-order valence-electron chi connectivity index (χ4n) is 2.33. The molecule has 3 heteroatoms. The maximum absolute atomic E-state index is 5.37. The monoisotopic (exact) mass is 216 g/mol. The zero-order chi connectivity index (χ0) is 10.8. The van der Waals surface area contributed by atoms with Gasteiger partial charge in [0.15, 0.2) is 0 Å². The first kappa shape index (κ1) is 9.85. The summed E-state index contributed by atoms with van der Waals surface area (Å²) in [5.41, 5.74) is 2.22. The number of benzene rings is 1. The lowest BCUT2D eigenvalue weighted by Gasteiger charge is -2.20. The highest BCUT2D eigenvalue weighted by atomic mass is 16.5. The topological polar surface area (TPSA) is 37.9 Å². The van der Waals surface area contributed by atoms with Crippen LogP contribution in [0.15, 0.2) is 24.3 Å². The maximum Gasteiger partial charge on any atom is 0.107 e. The summed E-state index contributed by atoms with van der Waals surface area (Å²) in [6.45, 7) is 1.82. The van der Waals surface area contributed by atoms with Crippen LogP contribution in [0, 0.1) is 5.92 Å². The van der Waals surface area contributed by atoms with Crippen LogP contribution in [0.1, 0.15) is 18.7 Å². The number of nitrogens with zero attached hydrogens (tertiary/aromatic N) is 1. The van der Waals surface area contributed by atoms with Crippen molar-refractivity contribution in [2.75, 3.05) is 13.2 Å². The highest BCUT2D eigenvalue weighted by Gasteiger charge is 2.15. The standard InChI is InChI=1S/C13H16N2O/c1-2-4-12-11(3-1)14-13(15-12)9-10-5-7-16-8-6-10/h1-4,10H,5-9H2,(H,14,15). The Kier molecular flexibility index (Phi) is 2.62. The molecule has 0 amide bonds. The van der Waals surface area contributed by atoms with Crippen LogP contribution in [0.2, 0.25) is 0 Å². The van der Waals surface area contributed by atoms with Crippen molar-refractivity contribution in [1.29, 1.82) is 0 Å². The Morgan fingerprint density at radius 2 is 2.06 bits per heavy atom. The van der Waals surface area contributed by atoms with E-state index in [4.69, 9.17) is 4.74 Å². The number of rotatable bonds is 2. The molecule has 0 bridgehead atoms. The van der Waals surface area contributed by atoms with Gasteiger partial charge in [0.1, 0.15) is 5.82 Å². The van der Waals surface area contributed by atoms with E-state index in [9.17, 15) is 0 Å². The molecule has 0 radical (unpaired) electrons. The summed E-state index contributed by atoms with van der Waals surface area (Å²) in [7, 11) is 0. The molecule has 3 nitrogen and oxygen atoms in total. The minimum atomic E-state index is 0.731.